The number of hydrogen-bond acceptors (Lipinski definition) is 2. The van der Waals surface area contributed by atoms with Gasteiger partial charge in [0.25, 0.3) is 5.92 Å². The normalized spacial score (nSPS) is 11.6. The predicted octanol–water partition coefficient (Wildman–Crippen LogP) is 3.47. The second-order valence-electron chi connectivity index (χ2n) is 2.73. The summed E-state index contributed by atoms with van der Waals surface area (Å²) in [4.78, 5) is 10.0. The minimum absolute atomic E-state index is 0.106. The number of alkyl halides is 2. The summed E-state index contributed by atoms with van der Waals surface area (Å²) in [6.07, 6.45) is -1.18. The zero-order valence-electron chi connectivity index (χ0n) is 6.97. The molecule has 0 bridgehead atoms. The smallest absolute Gasteiger partial charge is 0.303 e. The molecule has 0 aliphatic heterocycles. The number of halogens is 3. The summed E-state index contributed by atoms with van der Waals surface area (Å²) >= 11 is 3.98. The molecule has 0 aromatic carbocycles. The molecule has 0 aliphatic rings. The van der Waals surface area contributed by atoms with E-state index in [1.54, 1.807) is 5.38 Å². The molecular formula is C8H7BrF2O2S. The standard InChI is InChI=1S/C8H7BrF2O2S/c9-5-3-6(14-4-5)8(10,11)2-1-7(12)13/h3-4H,1-2H2,(H,12,13). The Balaban J connectivity index is 2.69. The van der Waals surface area contributed by atoms with Crippen molar-refractivity contribution >= 4 is 33.2 Å². The van der Waals surface area contributed by atoms with Gasteiger partial charge in [-0.25, -0.2) is 8.78 Å². The van der Waals surface area contributed by atoms with Crippen LogP contribution in [0.25, 0.3) is 0 Å². The van der Waals surface area contributed by atoms with Gasteiger partial charge in [0.2, 0.25) is 0 Å². The van der Waals surface area contributed by atoms with Crippen LogP contribution in [0.4, 0.5) is 8.78 Å². The molecule has 1 rings (SSSR count). The lowest BCUT2D eigenvalue weighted by Crippen LogP contribution is -2.13. The third-order valence-corrected chi connectivity index (χ3v) is 3.38. The van der Waals surface area contributed by atoms with Crippen molar-refractivity contribution in [3.8, 4) is 0 Å². The molecule has 0 saturated carbocycles. The average Bonchev–Trinajstić information content (AvgIpc) is 2.49. The van der Waals surface area contributed by atoms with Crippen molar-refractivity contribution in [3.05, 3.63) is 20.8 Å². The van der Waals surface area contributed by atoms with E-state index in [1.807, 2.05) is 0 Å². The lowest BCUT2D eigenvalue weighted by atomic mass is 10.1. The molecule has 0 spiro atoms. The minimum Gasteiger partial charge on any atom is -0.481 e. The topological polar surface area (TPSA) is 37.3 Å². The largest absolute Gasteiger partial charge is 0.481 e. The van der Waals surface area contributed by atoms with Crippen molar-refractivity contribution in [1.29, 1.82) is 0 Å². The molecule has 0 amide bonds. The number of hydrogen-bond donors (Lipinski definition) is 1. The van der Waals surface area contributed by atoms with Crippen LogP contribution in [0.5, 0.6) is 0 Å². The van der Waals surface area contributed by atoms with Crippen LogP contribution < -0.4 is 0 Å². The van der Waals surface area contributed by atoms with E-state index in [0.29, 0.717) is 4.47 Å². The van der Waals surface area contributed by atoms with Crippen molar-refractivity contribution in [3.63, 3.8) is 0 Å². The second-order valence-corrected chi connectivity index (χ2v) is 4.55. The third-order valence-electron chi connectivity index (χ3n) is 1.58. The van der Waals surface area contributed by atoms with Gasteiger partial charge in [-0.1, -0.05) is 0 Å². The molecule has 0 fully saturated rings. The van der Waals surface area contributed by atoms with Gasteiger partial charge in [0.05, 0.1) is 11.3 Å². The van der Waals surface area contributed by atoms with E-state index in [0.717, 1.165) is 11.3 Å². The van der Waals surface area contributed by atoms with Crippen LogP contribution in [-0.2, 0) is 10.7 Å². The van der Waals surface area contributed by atoms with Gasteiger partial charge >= 0.3 is 5.97 Å². The summed E-state index contributed by atoms with van der Waals surface area (Å²) < 4.78 is 27.1. The highest BCUT2D eigenvalue weighted by Crippen LogP contribution is 2.37. The first-order valence-electron chi connectivity index (χ1n) is 3.76. The lowest BCUT2D eigenvalue weighted by Gasteiger charge is -2.12. The highest BCUT2D eigenvalue weighted by Gasteiger charge is 2.33. The van der Waals surface area contributed by atoms with Gasteiger partial charge in [-0.3, -0.25) is 4.79 Å². The molecule has 0 radical (unpaired) electrons. The number of carbonyl (C=O) groups is 1. The first-order valence-corrected chi connectivity index (χ1v) is 5.43. The predicted molar refractivity (Wildman–Crippen MR) is 52.8 cm³/mol. The molecule has 0 saturated heterocycles. The Hall–Kier alpha value is -0.490. The van der Waals surface area contributed by atoms with E-state index in [9.17, 15) is 13.6 Å². The Morgan fingerprint density at radius 1 is 1.64 bits per heavy atom. The average molecular weight is 285 g/mol. The summed E-state index contributed by atoms with van der Waals surface area (Å²) in [6, 6.07) is 1.31. The van der Waals surface area contributed by atoms with Crippen molar-refractivity contribution in [1.82, 2.24) is 0 Å². The number of carboxylic acids is 1. The van der Waals surface area contributed by atoms with Gasteiger partial charge in [-0.05, 0) is 22.0 Å². The maximum atomic E-state index is 13.3. The van der Waals surface area contributed by atoms with Crippen molar-refractivity contribution < 1.29 is 18.7 Å². The fourth-order valence-corrected chi connectivity index (χ4v) is 2.33. The van der Waals surface area contributed by atoms with Gasteiger partial charge in [0.15, 0.2) is 0 Å². The number of carboxylic acid groups (broad SMARTS) is 1. The highest BCUT2D eigenvalue weighted by atomic mass is 79.9. The lowest BCUT2D eigenvalue weighted by molar-refractivity contribution is -0.139. The van der Waals surface area contributed by atoms with Crippen LogP contribution in [0.1, 0.15) is 17.7 Å². The summed E-state index contributed by atoms with van der Waals surface area (Å²) in [5, 5.41) is 9.84. The third kappa shape index (κ3) is 3.02. The first kappa shape index (κ1) is 11.6. The SMILES string of the molecule is O=C(O)CCC(F)(F)c1cc(Br)cs1. The van der Waals surface area contributed by atoms with E-state index in [1.165, 1.54) is 6.07 Å². The minimum atomic E-state index is -3.05. The summed E-state index contributed by atoms with van der Waals surface area (Å²) in [5.41, 5.74) is 0. The summed E-state index contributed by atoms with van der Waals surface area (Å²) in [5.74, 6) is -4.25. The molecule has 6 heteroatoms. The van der Waals surface area contributed by atoms with E-state index in [4.69, 9.17) is 5.11 Å². The van der Waals surface area contributed by atoms with Crippen LogP contribution in [-0.4, -0.2) is 11.1 Å². The Morgan fingerprint density at radius 2 is 2.29 bits per heavy atom. The molecule has 78 valence electrons. The van der Waals surface area contributed by atoms with Crippen LogP contribution >= 0.6 is 27.3 Å². The fourth-order valence-electron chi connectivity index (χ4n) is 0.892. The van der Waals surface area contributed by atoms with Gasteiger partial charge in [0, 0.05) is 16.3 Å². The number of rotatable bonds is 4. The Kier molecular flexibility index (Phi) is 3.60. The number of aliphatic carboxylic acids is 1. The molecule has 0 aliphatic carbocycles. The Labute approximate surface area is 91.7 Å². The van der Waals surface area contributed by atoms with Crippen LogP contribution in [0, 0.1) is 0 Å². The number of thiophene rings is 1. The monoisotopic (exact) mass is 284 g/mol. The van der Waals surface area contributed by atoms with Crippen molar-refractivity contribution in [2.24, 2.45) is 0 Å². The molecule has 1 aromatic rings. The zero-order valence-corrected chi connectivity index (χ0v) is 9.37. The van der Waals surface area contributed by atoms with Gasteiger partial charge in [-0.2, -0.15) is 0 Å². The van der Waals surface area contributed by atoms with E-state index < -0.39 is 24.7 Å². The van der Waals surface area contributed by atoms with Crippen molar-refractivity contribution in [2.45, 2.75) is 18.8 Å². The van der Waals surface area contributed by atoms with Gasteiger partial charge in [0.1, 0.15) is 0 Å². The van der Waals surface area contributed by atoms with Crippen LogP contribution in [0.15, 0.2) is 15.9 Å². The maximum Gasteiger partial charge on any atom is 0.303 e. The first-order chi connectivity index (χ1) is 6.42. The molecule has 0 unspecified atom stereocenters. The fraction of sp³-hybridized carbons (Fsp3) is 0.375. The molecule has 2 nitrogen and oxygen atoms in total. The Bertz CT molecular complexity index is 338. The molecule has 1 N–H and O–H groups in total. The summed E-state index contributed by atoms with van der Waals surface area (Å²) in [6.45, 7) is 0. The zero-order chi connectivity index (χ0) is 10.8. The molecular weight excluding hydrogens is 278 g/mol. The highest BCUT2D eigenvalue weighted by molar-refractivity contribution is 9.10. The molecule has 1 aromatic heterocycles. The molecule has 0 atom stereocenters. The van der Waals surface area contributed by atoms with E-state index in [2.05, 4.69) is 15.9 Å². The maximum absolute atomic E-state index is 13.3. The summed E-state index contributed by atoms with van der Waals surface area (Å²) in [7, 11) is 0. The van der Waals surface area contributed by atoms with Gasteiger partial charge < -0.3 is 5.11 Å². The second kappa shape index (κ2) is 4.35. The van der Waals surface area contributed by atoms with Crippen LogP contribution in [0.2, 0.25) is 0 Å². The quantitative estimate of drug-likeness (QED) is 0.919. The van der Waals surface area contributed by atoms with Crippen molar-refractivity contribution in [2.75, 3.05) is 0 Å². The van der Waals surface area contributed by atoms with Crippen LogP contribution in [0.3, 0.4) is 0 Å². The molecule has 14 heavy (non-hydrogen) atoms. The van der Waals surface area contributed by atoms with E-state index in [-0.39, 0.29) is 4.88 Å². The van der Waals surface area contributed by atoms with Gasteiger partial charge in [-0.15, -0.1) is 11.3 Å². The Morgan fingerprint density at radius 3 is 2.71 bits per heavy atom. The molecule has 1 heterocycles. The van der Waals surface area contributed by atoms with E-state index >= 15 is 0 Å².